The van der Waals surface area contributed by atoms with E-state index >= 15 is 0 Å². The molecule has 6 rings (SSSR count). The van der Waals surface area contributed by atoms with Crippen molar-refractivity contribution in [2.75, 3.05) is 31.5 Å². The van der Waals surface area contributed by atoms with E-state index in [0.29, 0.717) is 16.9 Å². The Kier molecular flexibility index (Phi) is 8.04. The van der Waals surface area contributed by atoms with Gasteiger partial charge in [0.05, 0.1) is 22.7 Å². The molecule has 0 spiro atoms. The van der Waals surface area contributed by atoms with Crippen LogP contribution in [0, 0.1) is 11.3 Å². The standard InChI is InChI=1S/C34H34BrN5O/c1-23(25-10-13-28(35)14-11-25)37-33-20-31(34(41)40-18-4-5-29(40)22-39-16-2-3-17-39)30-19-27(12-15-32(30)38-33)26-8-6-24(21-36)7-9-26/h6-15,19-20,23,29H,2-5,16-18,22H2,1H3,(H,37,38)/t23?,29-/m0/s1. The monoisotopic (exact) mass is 607 g/mol. The molecule has 2 aliphatic heterocycles. The van der Waals surface area contributed by atoms with Crippen LogP contribution in [0.15, 0.2) is 77.3 Å². The molecule has 0 bridgehead atoms. The van der Waals surface area contributed by atoms with Crippen LogP contribution in [-0.4, -0.2) is 52.9 Å². The Labute approximate surface area is 250 Å². The summed E-state index contributed by atoms with van der Waals surface area (Å²) >= 11 is 3.52. The fourth-order valence-corrected chi connectivity index (χ4v) is 6.43. The van der Waals surface area contributed by atoms with E-state index in [1.54, 1.807) is 0 Å². The lowest BCUT2D eigenvalue weighted by molar-refractivity contribution is 0.0710. The molecule has 3 aromatic carbocycles. The van der Waals surface area contributed by atoms with Crippen LogP contribution in [0.5, 0.6) is 0 Å². The van der Waals surface area contributed by atoms with E-state index in [1.807, 2.05) is 54.6 Å². The molecule has 4 aromatic rings. The Bertz CT molecular complexity index is 1590. The van der Waals surface area contributed by atoms with Gasteiger partial charge in [0.15, 0.2) is 0 Å². The zero-order valence-electron chi connectivity index (χ0n) is 23.3. The van der Waals surface area contributed by atoms with Crippen molar-refractivity contribution in [1.29, 1.82) is 5.26 Å². The number of nitrogens with one attached hydrogen (secondary N) is 1. The first-order chi connectivity index (χ1) is 20.0. The summed E-state index contributed by atoms with van der Waals surface area (Å²) in [6, 6.07) is 26.3. The molecule has 1 unspecified atom stereocenters. The summed E-state index contributed by atoms with van der Waals surface area (Å²) in [7, 11) is 0. The first-order valence-corrected chi connectivity index (χ1v) is 15.3. The van der Waals surface area contributed by atoms with E-state index in [-0.39, 0.29) is 18.0 Å². The molecular weight excluding hydrogens is 574 g/mol. The third-order valence-electron chi connectivity index (χ3n) is 8.43. The Hall–Kier alpha value is -3.73. The molecule has 0 aliphatic carbocycles. The number of amides is 1. The summed E-state index contributed by atoms with van der Waals surface area (Å²) in [6.07, 6.45) is 4.58. The Balaban J connectivity index is 1.38. The number of hydrogen-bond donors (Lipinski definition) is 1. The number of anilines is 1. The highest BCUT2D eigenvalue weighted by Gasteiger charge is 2.32. The van der Waals surface area contributed by atoms with Gasteiger partial charge in [-0.25, -0.2) is 4.98 Å². The van der Waals surface area contributed by atoms with Crippen LogP contribution in [0.2, 0.25) is 0 Å². The second-order valence-electron chi connectivity index (χ2n) is 11.2. The van der Waals surface area contributed by atoms with Crippen molar-refractivity contribution >= 4 is 38.6 Å². The molecule has 41 heavy (non-hydrogen) atoms. The average molecular weight is 609 g/mol. The van der Waals surface area contributed by atoms with E-state index in [4.69, 9.17) is 4.98 Å². The van der Waals surface area contributed by atoms with Crippen molar-refractivity contribution in [1.82, 2.24) is 14.8 Å². The third-order valence-corrected chi connectivity index (χ3v) is 8.96. The van der Waals surface area contributed by atoms with Gasteiger partial charge in [-0.05, 0) is 105 Å². The van der Waals surface area contributed by atoms with E-state index in [0.717, 1.165) is 71.1 Å². The van der Waals surface area contributed by atoms with Gasteiger partial charge in [-0.15, -0.1) is 0 Å². The molecule has 7 heteroatoms. The van der Waals surface area contributed by atoms with Crippen molar-refractivity contribution in [3.63, 3.8) is 0 Å². The molecule has 1 N–H and O–H groups in total. The molecule has 0 saturated carbocycles. The summed E-state index contributed by atoms with van der Waals surface area (Å²) in [6.45, 7) is 6.11. The van der Waals surface area contributed by atoms with Gasteiger partial charge in [-0.1, -0.05) is 46.3 Å². The van der Waals surface area contributed by atoms with Gasteiger partial charge in [0.1, 0.15) is 5.82 Å². The maximum Gasteiger partial charge on any atom is 0.254 e. The normalized spacial score (nSPS) is 18.0. The molecule has 3 heterocycles. The zero-order chi connectivity index (χ0) is 28.3. The van der Waals surface area contributed by atoms with Crippen LogP contribution in [0.1, 0.15) is 60.1 Å². The second-order valence-corrected chi connectivity index (χ2v) is 12.1. The summed E-state index contributed by atoms with van der Waals surface area (Å²) in [5.74, 6) is 0.771. The smallest absolute Gasteiger partial charge is 0.254 e. The second kappa shape index (κ2) is 12.0. The average Bonchev–Trinajstić information content (AvgIpc) is 3.69. The van der Waals surface area contributed by atoms with E-state index in [9.17, 15) is 10.1 Å². The number of benzene rings is 3. The predicted octanol–water partition coefficient (Wildman–Crippen LogP) is 7.41. The van der Waals surface area contributed by atoms with E-state index in [1.165, 1.54) is 12.8 Å². The molecule has 2 saturated heterocycles. The SMILES string of the molecule is CC(Nc1cc(C(=O)N2CCC[C@H]2CN2CCCC2)c2cc(-c3ccc(C#N)cc3)ccc2n1)c1ccc(Br)cc1. The van der Waals surface area contributed by atoms with Crippen molar-refractivity contribution in [2.45, 2.75) is 44.7 Å². The topological polar surface area (TPSA) is 72.3 Å². The lowest BCUT2D eigenvalue weighted by Crippen LogP contribution is -2.42. The van der Waals surface area contributed by atoms with Gasteiger partial charge >= 0.3 is 0 Å². The highest BCUT2D eigenvalue weighted by Crippen LogP contribution is 2.32. The van der Waals surface area contributed by atoms with Crippen molar-refractivity contribution < 1.29 is 4.79 Å². The number of carbonyl (C=O) groups is 1. The zero-order valence-corrected chi connectivity index (χ0v) is 24.9. The van der Waals surface area contributed by atoms with Gasteiger partial charge in [0.2, 0.25) is 0 Å². The largest absolute Gasteiger partial charge is 0.364 e. The molecule has 0 radical (unpaired) electrons. The first kappa shape index (κ1) is 27.4. The molecule has 2 aliphatic rings. The maximum absolute atomic E-state index is 14.3. The summed E-state index contributed by atoms with van der Waals surface area (Å²) in [5, 5.41) is 13.6. The van der Waals surface area contributed by atoms with Gasteiger partial charge in [0.25, 0.3) is 5.91 Å². The molecule has 2 fully saturated rings. The van der Waals surface area contributed by atoms with Crippen molar-refractivity contribution in [3.05, 3.63) is 94.0 Å². The highest BCUT2D eigenvalue weighted by atomic mass is 79.9. The lowest BCUT2D eigenvalue weighted by atomic mass is 9.99. The number of nitrogens with zero attached hydrogens (tertiary/aromatic N) is 4. The Morgan fingerprint density at radius 2 is 1.73 bits per heavy atom. The van der Waals surface area contributed by atoms with Gasteiger partial charge in [0, 0.05) is 35.0 Å². The van der Waals surface area contributed by atoms with E-state index in [2.05, 4.69) is 62.2 Å². The summed E-state index contributed by atoms with van der Waals surface area (Å²) < 4.78 is 1.04. The molecule has 1 aromatic heterocycles. The van der Waals surface area contributed by atoms with Gasteiger partial charge < -0.3 is 15.1 Å². The quantitative estimate of drug-likeness (QED) is 0.237. The number of nitriles is 1. The minimum atomic E-state index is 0.0172. The number of rotatable bonds is 7. The van der Waals surface area contributed by atoms with Crippen LogP contribution in [0.3, 0.4) is 0 Å². The van der Waals surface area contributed by atoms with E-state index < -0.39 is 0 Å². The van der Waals surface area contributed by atoms with Crippen molar-refractivity contribution in [3.8, 4) is 17.2 Å². The van der Waals surface area contributed by atoms with Crippen LogP contribution < -0.4 is 5.32 Å². The first-order valence-electron chi connectivity index (χ1n) is 14.5. The molecular formula is C34H34BrN5O. The fraction of sp³-hybridized carbons (Fsp3) is 0.324. The Morgan fingerprint density at radius 1 is 1.00 bits per heavy atom. The lowest BCUT2D eigenvalue weighted by Gasteiger charge is -2.29. The van der Waals surface area contributed by atoms with Gasteiger partial charge in [-0.3, -0.25) is 4.79 Å². The molecule has 2 atom stereocenters. The minimum absolute atomic E-state index is 0.0172. The number of likely N-dealkylation sites (tertiary alicyclic amines) is 2. The maximum atomic E-state index is 14.3. The fourth-order valence-electron chi connectivity index (χ4n) is 6.16. The number of pyridine rings is 1. The van der Waals surface area contributed by atoms with Crippen molar-refractivity contribution in [2.24, 2.45) is 0 Å². The summed E-state index contributed by atoms with van der Waals surface area (Å²) in [5.41, 5.74) is 5.24. The van der Waals surface area contributed by atoms with Crippen LogP contribution in [0.25, 0.3) is 22.0 Å². The Morgan fingerprint density at radius 3 is 2.46 bits per heavy atom. The number of aromatic nitrogens is 1. The van der Waals surface area contributed by atoms with Gasteiger partial charge in [-0.2, -0.15) is 5.26 Å². The highest BCUT2D eigenvalue weighted by molar-refractivity contribution is 9.10. The van der Waals surface area contributed by atoms with Crippen LogP contribution in [0.4, 0.5) is 5.82 Å². The predicted molar refractivity (Wildman–Crippen MR) is 168 cm³/mol. The number of fused-ring (bicyclic) bond motifs is 1. The number of hydrogen-bond acceptors (Lipinski definition) is 5. The molecule has 6 nitrogen and oxygen atoms in total. The minimum Gasteiger partial charge on any atom is -0.364 e. The summed E-state index contributed by atoms with van der Waals surface area (Å²) in [4.78, 5) is 23.9. The third kappa shape index (κ3) is 6.00. The van der Waals surface area contributed by atoms with Crippen LogP contribution >= 0.6 is 15.9 Å². The number of carbonyl (C=O) groups excluding carboxylic acids is 1. The molecule has 208 valence electrons. The van der Waals surface area contributed by atoms with Crippen LogP contribution in [-0.2, 0) is 0 Å². The number of halogens is 1. The molecule has 1 amide bonds.